The molecule has 0 amide bonds. The molecule has 78 valence electrons. The van der Waals surface area contributed by atoms with Crippen molar-refractivity contribution >= 4 is 10.0 Å². The van der Waals surface area contributed by atoms with Gasteiger partial charge in [-0.25, -0.2) is 13.6 Å². The van der Waals surface area contributed by atoms with Gasteiger partial charge in [0.05, 0.1) is 5.25 Å². The zero-order valence-corrected chi connectivity index (χ0v) is 9.18. The third kappa shape index (κ3) is 5.82. The highest BCUT2D eigenvalue weighted by Crippen LogP contribution is 2.15. The number of allylic oxidation sites excluding steroid dienone is 1. The summed E-state index contributed by atoms with van der Waals surface area (Å²) >= 11 is 0. The molecule has 0 spiro atoms. The van der Waals surface area contributed by atoms with Crippen LogP contribution < -0.4 is 5.14 Å². The molecule has 13 heavy (non-hydrogen) atoms. The van der Waals surface area contributed by atoms with Crippen molar-refractivity contribution < 1.29 is 8.42 Å². The van der Waals surface area contributed by atoms with Crippen LogP contribution in [0.2, 0.25) is 0 Å². The Morgan fingerprint density at radius 3 is 2.31 bits per heavy atom. The second-order valence-corrected chi connectivity index (χ2v) is 5.55. The van der Waals surface area contributed by atoms with Gasteiger partial charge in [-0.2, -0.15) is 0 Å². The zero-order valence-electron chi connectivity index (χ0n) is 8.36. The van der Waals surface area contributed by atoms with Crippen LogP contribution in [0.4, 0.5) is 0 Å². The number of nitrogens with two attached hydrogens (primary N) is 1. The molecule has 0 saturated heterocycles. The Hall–Kier alpha value is -0.350. The Morgan fingerprint density at radius 2 is 2.00 bits per heavy atom. The quantitative estimate of drug-likeness (QED) is 0.670. The van der Waals surface area contributed by atoms with Gasteiger partial charge in [0.2, 0.25) is 10.0 Å². The standard InChI is InChI=1S/C9H19NO2S/c1-4-5-6-9(7-8(2)3)13(10,11)12/h4,8-9H,1,5-7H2,2-3H3,(H2,10,11,12)/t9-/m1/s1. The molecule has 0 aromatic carbocycles. The normalized spacial score (nSPS) is 14.5. The largest absolute Gasteiger partial charge is 0.228 e. The van der Waals surface area contributed by atoms with Crippen LogP contribution in [0, 0.1) is 5.92 Å². The summed E-state index contributed by atoms with van der Waals surface area (Å²) in [4.78, 5) is 0. The minimum Gasteiger partial charge on any atom is -0.228 e. The monoisotopic (exact) mass is 205 g/mol. The van der Waals surface area contributed by atoms with Gasteiger partial charge in [-0.3, -0.25) is 0 Å². The maximum absolute atomic E-state index is 11.1. The lowest BCUT2D eigenvalue weighted by atomic mass is 10.0. The summed E-state index contributed by atoms with van der Waals surface area (Å²) in [6.45, 7) is 7.54. The molecular formula is C9H19NO2S. The molecule has 4 heteroatoms. The first-order valence-corrected chi connectivity index (χ1v) is 6.11. The van der Waals surface area contributed by atoms with Gasteiger partial charge in [0.1, 0.15) is 0 Å². The van der Waals surface area contributed by atoms with Gasteiger partial charge in [-0.15, -0.1) is 6.58 Å². The fraction of sp³-hybridized carbons (Fsp3) is 0.778. The van der Waals surface area contributed by atoms with Crippen molar-refractivity contribution in [3.05, 3.63) is 12.7 Å². The summed E-state index contributed by atoms with van der Waals surface area (Å²) in [5, 5.41) is 4.70. The third-order valence-corrected chi connectivity index (χ3v) is 3.25. The molecule has 0 aliphatic heterocycles. The van der Waals surface area contributed by atoms with Crippen LogP contribution in [-0.4, -0.2) is 13.7 Å². The summed E-state index contributed by atoms with van der Waals surface area (Å²) in [7, 11) is -3.38. The van der Waals surface area contributed by atoms with E-state index < -0.39 is 15.3 Å². The molecule has 0 aliphatic carbocycles. The van der Waals surface area contributed by atoms with Gasteiger partial charge in [-0.1, -0.05) is 19.9 Å². The molecule has 0 aromatic heterocycles. The van der Waals surface area contributed by atoms with Crippen molar-refractivity contribution in [3.8, 4) is 0 Å². The fourth-order valence-electron chi connectivity index (χ4n) is 1.25. The highest BCUT2D eigenvalue weighted by atomic mass is 32.2. The second kappa shape index (κ2) is 5.40. The SMILES string of the molecule is C=CCC[C@H](CC(C)C)S(N)(=O)=O. The molecule has 2 N–H and O–H groups in total. The van der Waals surface area contributed by atoms with E-state index in [2.05, 4.69) is 6.58 Å². The van der Waals surface area contributed by atoms with Crippen molar-refractivity contribution in [2.45, 2.75) is 38.4 Å². The number of hydrogen-bond acceptors (Lipinski definition) is 2. The summed E-state index contributed by atoms with van der Waals surface area (Å²) in [6, 6.07) is 0. The first-order valence-electron chi connectivity index (χ1n) is 4.50. The van der Waals surface area contributed by atoms with Crippen LogP contribution in [0.15, 0.2) is 12.7 Å². The lowest BCUT2D eigenvalue weighted by Crippen LogP contribution is -2.29. The van der Waals surface area contributed by atoms with Gasteiger partial charge in [0, 0.05) is 0 Å². The van der Waals surface area contributed by atoms with Crippen molar-refractivity contribution in [2.24, 2.45) is 11.1 Å². The van der Waals surface area contributed by atoms with Crippen molar-refractivity contribution in [3.63, 3.8) is 0 Å². The van der Waals surface area contributed by atoms with Crippen LogP contribution in [0.1, 0.15) is 33.1 Å². The Kier molecular flexibility index (Phi) is 5.25. The molecule has 0 fully saturated rings. The van der Waals surface area contributed by atoms with E-state index in [-0.39, 0.29) is 0 Å². The molecule has 0 saturated carbocycles. The van der Waals surface area contributed by atoms with E-state index in [9.17, 15) is 8.42 Å². The average Bonchev–Trinajstić information content (AvgIpc) is 1.95. The van der Waals surface area contributed by atoms with Crippen LogP contribution in [0.25, 0.3) is 0 Å². The Labute approximate surface area is 81.1 Å². The highest BCUT2D eigenvalue weighted by molar-refractivity contribution is 7.89. The minimum atomic E-state index is -3.38. The number of sulfonamides is 1. The maximum Gasteiger partial charge on any atom is 0.211 e. The average molecular weight is 205 g/mol. The van der Waals surface area contributed by atoms with E-state index in [1.54, 1.807) is 6.08 Å². The number of primary sulfonamides is 1. The molecule has 0 bridgehead atoms. The van der Waals surface area contributed by atoms with Gasteiger partial charge in [0.15, 0.2) is 0 Å². The predicted octanol–water partition coefficient (Wildman–Crippen LogP) is 1.66. The van der Waals surface area contributed by atoms with Gasteiger partial charge < -0.3 is 0 Å². The molecule has 1 atom stereocenters. The minimum absolute atomic E-state index is 0.355. The fourth-order valence-corrected chi connectivity index (χ4v) is 2.36. The van der Waals surface area contributed by atoms with E-state index >= 15 is 0 Å². The predicted molar refractivity (Wildman–Crippen MR) is 55.8 cm³/mol. The van der Waals surface area contributed by atoms with Crippen molar-refractivity contribution in [1.82, 2.24) is 0 Å². The lowest BCUT2D eigenvalue weighted by Gasteiger charge is -2.15. The van der Waals surface area contributed by atoms with Crippen LogP contribution in [0.5, 0.6) is 0 Å². The van der Waals surface area contributed by atoms with Crippen LogP contribution in [0.3, 0.4) is 0 Å². The topological polar surface area (TPSA) is 60.2 Å². The first kappa shape index (κ1) is 12.7. The summed E-state index contributed by atoms with van der Waals surface area (Å²) < 4.78 is 22.2. The second-order valence-electron chi connectivity index (χ2n) is 3.71. The third-order valence-electron chi connectivity index (χ3n) is 1.89. The zero-order chi connectivity index (χ0) is 10.5. The Morgan fingerprint density at radius 1 is 1.46 bits per heavy atom. The van der Waals surface area contributed by atoms with Gasteiger partial charge in [0.25, 0.3) is 0 Å². The molecule has 0 aliphatic rings. The maximum atomic E-state index is 11.1. The van der Waals surface area contributed by atoms with Crippen LogP contribution >= 0.6 is 0 Å². The highest BCUT2D eigenvalue weighted by Gasteiger charge is 2.21. The van der Waals surface area contributed by atoms with Crippen LogP contribution in [-0.2, 0) is 10.0 Å². The van der Waals surface area contributed by atoms with Gasteiger partial charge >= 0.3 is 0 Å². The van der Waals surface area contributed by atoms with E-state index in [0.717, 1.165) is 0 Å². The summed E-state index contributed by atoms with van der Waals surface area (Å²) in [5.74, 6) is 0.355. The molecular weight excluding hydrogens is 186 g/mol. The smallest absolute Gasteiger partial charge is 0.211 e. The van der Waals surface area contributed by atoms with E-state index in [1.807, 2.05) is 13.8 Å². The molecule has 0 rings (SSSR count). The Bertz CT molecular complexity index is 244. The molecule has 0 heterocycles. The summed E-state index contributed by atoms with van der Waals surface area (Å²) in [5.41, 5.74) is 0. The summed E-state index contributed by atoms with van der Waals surface area (Å²) in [6.07, 6.45) is 3.64. The Balaban J connectivity index is 4.28. The lowest BCUT2D eigenvalue weighted by molar-refractivity contribution is 0.511. The molecule has 0 radical (unpaired) electrons. The number of hydrogen-bond donors (Lipinski definition) is 1. The van der Waals surface area contributed by atoms with Crippen molar-refractivity contribution in [2.75, 3.05) is 0 Å². The number of rotatable bonds is 6. The van der Waals surface area contributed by atoms with Gasteiger partial charge in [-0.05, 0) is 25.2 Å². The molecule has 0 aromatic rings. The molecule has 0 unspecified atom stereocenters. The van der Waals surface area contributed by atoms with E-state index in [1.165, 1.54) is 0 Å². The van der Waals surface area contributed by atoms with E-state index in [4.69, 9.17) is 5.14 Å². The van der Waals surface area contributed by atoms with E-state index in [0.29, 0.717) is 25.2 Å². The first-order chi connectivity index (χ1) is 5.88. The van der Waals surface area contributed by atoms with Crippen molar-refractivity contribution in [1.29, 1.82) is 0 Å². The molecule has 3 nitrogen and oxygen atoms in total.